The van der Waals surface area contributed by atoms with Gasteiger partial charge in [-0.3, -0.25) is 4.79 Å². The maximum absolute atomic E-state index is 12.3. The van der Waals surface area contributed by atoms with Gasteiger partial charge in [-0.2, -0.15) is 0 Å². The van der Waals surface area contributed by atoms with Crippen molar-refractivity contribution >= 4 is 5.91 Å². The molecular formula is C36H71NO3. The van der Waals surface area contributed by atoms with Crippen molar-refractivity contribution in [1.29, 1.82) is 0 Å². The van der Waals surface area contributed by atoms with Gasteiger partial charge in [0.1, 0.15) is 0 Å². The fourth-order valence-corrected chi connectivity index (χ4v) is 5.47. The monoisotopic (exact) mass is 566 g/mol. The molecule has 0 aliphatic heterocycles. The molecule has 0 saturated heterocycles. The van der Waals surface area contributed by atoms with E-state index in [1.807, 2.05) is 6.08 Å². The normalized spacial score (nSPS) is 13.2. The number of hydrogen-bond donors (Lipinski definition) is 3. The fraction of sp³-hybridized carbons (Fsp3) is 0.917. The van der Waals surface area contributed by atoms with Crippen LogP contribution in [-0.2, 0) is 4.79 Å². The summed E-state index contributed by atoms with van der Waals surface area (Å²) in [6.45, 7) is 4.29. The molecule has 1 amide bonds. The summed E-state index contributed by atoms with van der Waals surface area (Å²) in [5, 5.41) is 22.8. The fourth-order valence-electron chi connectivity index (χ4n) is 5.47. The van der Waals surface area contributed by atoms with Gasteiger partial charge in [0.15, 0.2) is 0 Å². The van der Waals surface area contributed by atoms with Crippen molar-refractivity contribution in [2.45, 2.75) is 206 Å². The molecule has 0 fully saturated rings. The first-order valence-corrected chi connectivity index (χ1v) is 17.9. The highest BCUT2D eigenvalue weighted by Gasteiger charge is 2.17. The maximum atomic E-state index is 12.3. The highest BCUT2D eigenvalue weighted by atomic mass is 16.3. The van der Waals surface area contributed by atoms with E-state index in [0.29, 0.717) is 6.42 Å². The van der Waals surface area contributed by atoms with Gasteiger partial charge in [0.2, 0.25) is 5.91 Å². The standard InChI is InChI=1S/C36H71NO3/c1-3-5-7-9-11-13-15-16-17-18-19-20-22-23-25-27-29-31-35(39)34(33-38)37-36(40)32-30-28-26-24-21-14-12-10-8-6-4-2/h29,31,34-35,38-39H,3-28,30,32-33H2,1-2H3,(H,37,40)/b31-29+/t34-,35+/m0/s1. The molecular weight excluding hydrogens is 494 g/mol. The lowest BCUT2D eigenvalue weighted by atomic mass is 10.0. The Morgan fingerprint density at radius 3 is 1.30 bits per heavy atom. The molecule has 0 aromatic carbocycles. The molecule has 0 radical (unpaired) electrons. The van der Waals surface area contributed by atoms with Crippen molar-refractivity contribution in [3.8, 4) is 0 Å². The van der Waals surface area contributed by atoms with E-state index < -0.39 is 12.1 Å². The minimum Gasteiger partial charge on any atom is -0.394 e. The summed E-state index contributed by atoms with van der Waals surface area (Å²) in [4.78, 5) is 12.3. The third kappa shape index (κ3) is 28.7. The number of nitrogens with one attached hydrogen (secondary N) is 1. The molecule has 0 rings (SSSR count). The van der Waals surface area contributed by atoms with Crippen LogP contribution in [0.5, 0.6) is 0 Å². The van der Waals surface area contributed by atoms with Crippen molar-refractivity contribution in [2.75, 3.05) is 6.61 Å². The van der Waals surface area contributed by atoms with Crippen molar-refractivity contribution < 1.29 is 15.0 Å². The topological polar surface area (TPSA) is 69.6 Å². The Bertz CT molecular complexity index is 536. The zero-order chi connectivity index (χ0) is 29.4. The molecule has 0 saturated carbocycles. The molecule has 0 unspecified atom stereocenters. The Kier molecular flexibility index (Phi) is 31.9. The molecule has 40 heavy (non-hydrogen) atoms. The third-order valence-electron chi connectivity index (χ3n) is 8.27. The van der Waals surface area contributed by atoms with E-state index in [1.54, 1.807) is 6.08 Å². The molecule has 0 bridgehead atoms. The lowest BCUT2D eigenvalue weighted by Gasteiger charge is -2.20. The molecule has 2 atom stereocenters. The smallest absolute Gasteiger partial charge is 0.220 e. The van der Waals surface area contributed by atoms with E-state index >= 15 is 0 Å². The van der Waals surface area contributed by atoms with Crippen LogP contribution < -0.4 is 5.32 Å². The average molecular weight is 566 g/mol. The van der Waals surface area contributed by atoms with E-state index in [-0.39, 0.29) is 12.5 Å². The van der Waals surface area contributed by atoms with Crippen LogP contribution in [0.25, 0.3) is 0 Å². The molecule has 4 nitrogen and oxygen atoms in total. The van der Waals surface area contributed by atoms with Crippen molar-refractivity contribution in [2.24, 2.45) is 0 Å². The third-order valence-corrected chi connectivity index (χ3v) is 8.27. The van der Waals surface area contributed by atoms with Gasteiger partial charge in [-0.25, -0.2) is 0 Å². The summed E-state index contributed by atoms with van der Waals surface area (Å²) in [6.07, 6.45) is 38.6. The lowest BCUT2D eigenvalue weighted by molar-refractivity contribution is -0.123. The molecule has 3 N–H and O–H groups in total. The average Bonchev–Trinajstić information content (AvgIpc) is 2.96. The summed E-state index contributed by atoms with van der Waals surface area (Å²) in [5.41, 5.74) is 0. The van der Waals surface area contributed by atoms with E-state index in [2.05, 4.69) is 19.2 Å². The second kappa shape index (κ2) is 32.6. The van der Waals surface area contributed by atoms with Crippen molar-refractivity contribution in [3.63, 3.8) is 0 Å². The van der Waals surface area contributed by atoms with Gasteiger partial charge in [0.25, 0.3) is 0 Å². The predicted molar refractivity (Wildman–Crippen MR) is 175 cm³/mol. The first-order chi connectivity index (χ1) is 19.7. The second-order valence-corrected chi connectivity index (χ2v) is 12.3. The highest BCUT2D eigenvalue weighted by Crippen LogP contribution is 2.14. The summed E-state index contributed by atoms with van der Waals surface area (Å²) in [7, 11) is 0. The molecule has 0 aromatic rings. The van der Waals surface area contributed by atoms with E-state index in [1.165, 1.54) is 148 Å². The zero-order valence-corrected chi connectivity index (χ0v) is 27.1. The van der Waals surface area contributed by atoms with Gasteiger partial charge < -0.3 is 15.5 Å². The number of amides is 1. The van der Waals surface area contributed by atoms with Crippen LogP contribution in [0.1, 0.15) is 194 Å². The SMILES string of the molecule is CCCCCCCCCCCCCCCCC/C=C/[C@@H](O)[C@H](CO)NC(=O)CCCCCCCCCCCCC. The van der Waals surface area contributed by atoms with Crippen LogP contribution >= 0.6 is 0 Å². The van der Waals surface area contributed by atoms with E-state index in [4.69, 9.17) is 0 Å². The van der Waals surface area contributed by atoms with Crippen LogP contribution in [0.4, 0.5) is 0 Å². The van der Waals surface area contributed by atoms with Crippen molar-refractivity contribution in [3.05, 3.63) is 12.2 Å². The number of carbonyl (C=O) groups is 1. The number of carbonyl (C=O) groups excluding carboxylic acids is 1. The predicted octanol–water partition coefficient (Wildman–Crippen LogP) is 10.3. The van der Waals surface area contributed by atoms with Crippen LogP contribution in [0.3, 0.4) is 0 Å². The van der Waals surface area contributed by atoms with Gasteiger partial charge in [-0.05, 0) is 19.3 Å². The Labute approximate surface area is 250 Å². The Hall–Kier alpha value is -0.870. The Morgan fingerprint density at radius 2 is 0.925 bits per heavy atom. The maximum Gasteiger partial charge on any atom is 0.220 e. The number of hydrogen-bond acceptors (Lipinski definition) is 3. The minimum absolute atomic E-state index is 0.0650. The Morgan fingerprint density at radius 1 is 0.575 bits per heavy atom. The molecule has 4 heteroatoms. The molecule has 238 valence electrons. The molecule has 0 aliphatic rings. The lowest BCUT2D eigenvalue weighted by Crippen LogP contribution is -2.45. The number of rotatable bonds is 32. The van der Waals surface area contributed by atoms with Crippen LogP contribution in [-0.4, -0.2) is 34.9 Å². The molecule has 0 spiro atoms. The highest BCUT2D eigenvalue weighted by molar-refractivity contribution is 5.76. The van der Waals surface area contributed by atoms with Gasteiger partial charge in [0.05, 0.1) is 18.8 Å². The van der Waals surface area contributed by atoms with Crippen molar-refractivity contribution in [1.82, 2.24) is 5.32 Å². The van der Waals surface area contributed by atoms with Crippen LogP contribution in [0, 0.1) is 0 Å². The second-order valence-electron chi connectivity index (χ2n) is 12.3. The van der Waals surface area contributed by atoms with Gasteiger partial charge in [0, 0.05) is 6.42 Å². The minimum atomic E-state index is -0.831. The first kappa shape index (κ1) is 39.1. The number of aliphatic hydroxyl groups excluding tert-OH is 2. The van der Waals surface area contributed by atoms with E-state index in [9.17, 15) is 15.0 Å². The number of aliphatic hydroxyl groups is 2. The largest absolute Gasteiger partial charge is 0.394 e. The van der Waals surface area contributed by atoms with Crippen LogP contribution in [0.2, 0.25) is 0 Å². The van der Waals surface area contributed by atoms with Gasteiger partial charge in [-0.15, -0.1) is 0 Å². The molecule has 0 aliphatic carbocycles. The van der Waals surface area contributed by atoms with E-state index in [0.717, 1.165) is 25.7 Å². The quantitative estimate of drug-likeness (QED) is 0.0561. The summed E-state index contributed by atoms with van der Waals surface area (Å²) in [5.74, 6) is -0.0650. The molecule has 0 aromatic heterocycles. The van der Waals surface area contributed by atoms with Gasteiger partial charge in [-0.1, -0.05) is 180 Å². The number of allylic oxidation sites excluding steroid dienone is 1. The summed E-state index contributed by atoms with van der Waals surface area (Å²) in [6, 6.07) is -0.613. The summed E-state index contributed by atoms with van der Waals surface area (Å²) < 4.78 is 0. The zero-order valence-electron chi connectivity index (χ0n) is 27.1. The molecule has 0 heterocycles. The Balaban J connectivity index is 3.60. The van der Waals surface area contributed by atoms with Gasteiger partial charge >= 0.3 is 0 Å². The van der Waals surface area contributed by atoms with Crippen LogP contribution in [0.15, 0.2) is 12.2 Å². The summed E-state index contributed by atoms with van der Waals surface area (Å²) >= 11 is 0. The first-order valence-electron chi connectivity index (χ1n) is 17.9. The number of unbranched alkanes of at least 4 members (excludes halogenated alkanes) is 25.